The zero-order valence-corrected chi connectivity index (χ0v) is 11.2. The summed E-state index contributed by atoms with van der Waals surface area (Å²) in [6.45, 7) is 7.19. The van der Waals surface area contributed by atoms with Gasteiger partial charge in [0, 0.05) is 31.7 Å². The van der Waals surface area contributed by atoms with E-state index in [2.05, 4.69) is 19.2 Å². The van der Waals surface area contributed by atoms with Crippen LogP contribution in [0, 0.1) is 0 Å². The van der Waals surface area contributed by atoms with Crippen LogP contribution in [0.4, 0.5) is 0 Å². The predicted octanol–water partition coefficient (Wildman–Crippen LogP) is 2.10. The Labute approximate surface area is 108 Å². The maximum Gasteiger partial charge on any atom is 0.157 e. The Morgan fingerprint density at radius 1 is 1.33 bits per heavy atom. The summed E-state index contributed by atoms with van der Waals surface area (Å²) < 4.78 is 5.72. The van der Waals surface area contributed by atoms with E-state index in [4.69, 9.17) is 14.7 Å². The fraction of sp³-hybridized carbons (Fsp3) is 0.714. The molecule has 3 rings (SSSR count). The Morgan fingerprint density at radius 2 is 2.22 bits per heavy atom. The van der Waals surface area contributed by atoms with Crippen molar-refractivity contribution in [3.8, 4) is 0 Å². The molecule has 0 amide bonds. The smallest absolute Gasteiger partial charge is 0.157 e. The van der Waals surface area contributed by atoms with E-state index in [1.165, 1.54) is 17.0 Å². The molecule has 1 unspecified atom stereocenters. The van der Waals surface area contributed by atoms with Crippen LogP contribution in [0.15, 0.2) is 0 Å². The largest absolute Gasteiger partial charge is 0.370 e. The Hall–Kier alpha value is -1.00. The summed E-state index contributed by atoms with van der Waals surface area (Å²) >= 11 is 0. The van der Waals surface area contributed by atoms with Crippen LogP contribution in [-0.2, 0) is 17.7 Å². The first-order chi connectivity index (χ1) is 8.75. The summed E-state index contributed by atoms with van der Waals surface area (Å²) in [5.74, 6) is 1.36. The van der Waals surface area contributed by atoms with Crippen molar-refractivity contribution in [2.24, 2.45) is 0 Å². The number of aromatic nitrogens is 2. The molecule has 0 radical (unpaired) electrons. The third-order valence-electron chi connectivity index (χ3n) is 3.75. The number of ether oxygens (including phenoxy) is 1. The molecular weight excluding hydrogens is 226 g/mol. The number of fused-ring (bicyclic) bond motifs is 1. The van der Waals surface area contributed by atoms with Gasteiger partial charge in [0.15, 0.2) is 5.82 Å². The summed E-state index contributed by atoms with van der Waals surface area (Å²) in [4.78, 5) is 9.55. The second-order valence-corrected chi connectivity index (χ2v) is 5.48. The van der Waals surface area contributed by atoms with Crippen molar-refractivity contribution in [3.05, 3.63) is 22.8 Å². The van der Waals surface area contributed by atoms with Crippen LogP contribution in [0.5, 0.6) is 0 Å². The third kappa shape index (κ3) is 2.15. The monoisotopic (exact) mass is 247 g/mol. The molecule has 1 N–H and O–H groups in total. The van der Waals surface area contributed by atoms with Gasteiger partial charge in [-0.2, -0.15) is 0 Å². The van der Waals surface area contributed by atoms with Crippen molar-refractivity contribution < 1.29 is 4.74 Å². The molecule has 4 nitrogen and oxygen atoms in total. The summed E-state index contributed by atoms with van der Waals surface area (Å²) in [5, 5.41) is 3.41. The topological polar surface area (TPSA) is 47.0 Å². The van der Waals surface area contributed by atoms with E-state index in [9.17, 15) is 0 Å². The lowest BCUT2D eigenvalue weighted by molar-refractivity contribution is 0.104. The van der Waals surface area contributed by atoms with Crippen molar-refractivity contribution in [2.45, 2.75) is 51.7 Å². The quantitative estimate of drug-likeness (QED) is 0.869. The van der Waals surface area contributed by atoms with Crippen molar-refractivity contribution in [1.29, 1.82) is 0 Å². The number of rotatable bonds is 2. The van der Waals surface area contributed by atoms with Crippen molar-refractivity contribution in [2.75, 3.05) is 13.2 Å². The minimum absolute atomic E-state index is 0.127. The first-order valence-corrected chi connectivity index (χ1v) is 6.97. The Morgan fingerprint density at radius 3 is 2.94 bits per heavy atom. The van der Waals surface area contributed by atoms with E-state index >= 15 is 0 Å². The lowest BCUT2D eigenvalue weighted by atomic mass is 9.98. The molecule has 0 spiro atoms. The highest BCUT2D eigenvalue weighted by atomic mass is 16.5. The van der Waals surface area contributed by atoms with Gasteiger partial charge in [0.2, 0.25) is 0 Å². The Balaban J connectivity index is 2.03. The van der Waals surface area contributed by atoms with E-state index in [1.807, 2.05) is 0 Å². The highest BCUT2D eigenvalue weighted by Crippen LogP contribution is 2.29. The highest BCUT2D eigenvalue weighted by Gasteiger charge is 2.25. The van der Waals surface area contributed by atoms with Gasteiger partial charge in [-0.25, -0.2) is 9.97 Å². The summed E-state index contributed by atoms with van der Waals surface area (Å²) in [6.07, 6.45) is 3.33. The Kier molecular flexibility index (Phi) is 3.31. The van der Waals surface area contributed by atoms with E-state index in [0.29, 0.717) is 5.92 Å². The SMILES string of the molecule is CC(C)c1nc(C2CCCO2)nc2c1CNCC2. The first kappa shape index (κ1) is 12.1. The maximum absolute atomic E-state index is 5.72. The standard InChI is InChI=1S/C14H21N3O/c1-9(2)13-10-8-15-6-5-11(10)16-14(17-13)12-4-3-7-18-12/h9,12,15H,3-8H2,1-2H3. The lowest BCUT2D eigenvalue weighted by Crippen LogP contribution is -2.28. The first-order valence-electron chi connectivity index (χ1n) is 6.97. The zero-order valence-electron chi connectivity index (χ0n) is 11.2. The van der Waals surface area contributed by atoms with Gasteiger partial charge in [-0.1, -0.05) is 13.8 Å². The van der Waals surface area contributed by atoms with Gasteiger partial charge in [0.1, 0.15) is 6.10 Å². The molecule has 98 valence electrons. The number of hydrogen-bond donors (Lipinski definition) is 1. The summed E-state index contributed by atoms with van der Waals surface area (Å²) in [5.41, 5.74) is 3.76. The average Bonchev–Trinajstić information content (AvgIpc) is 2.91. The highest BCUT2D eigenvalue weighted by molar-refractivity contribution is 5.30. The van der Waals surface area contributed by atoms with Crippen LogP contribution in [-0.4, -0.2) is 23.1 Å². The maximum atomic E-state index is 5.72. The molecule has 2 aliphatic rings. The molecule has 3 heterocycles. The van der Waals surface area contributed by atoms with Crippen LogP contribution in [0.1, 0.15) is 61.5 Å². The van der Waals surface area contributed by atoms with E-state index in [-0.39, 0.29) is 6.10 Å². The molecule has 1 aromatic rings. The van der Waals surface area contributed by atoms with E-state index in [1.54, 1.807) is 0 Å². The van der Waals surface area contributed by atoms with Crippen LogP contribution in [0.25, 0.3) is 0 Å². The molecule has 1 saturated heterocycles. The van der Waals surface area contributed by atoms with E-state index < -0.39 is 0 Å². The second kappa shape index (κ2) is 4.94. The average molecular weight is 247 g/mol. The molecule has 2 aliphatic heterocycles. The normalized spacial score (nSPS) is 23.4. The summed E-state index contributed by atoms with van der Waals surface area (Å²) in [7, 11) is 0. The summed E-state index contributed by atoms with van der Waals surface area (Å²) in [6, 6.07) is 0. The number of hydrogen-bond acceptors (Lipinski definition) is 4. The molecule has 0 saturated carbocycles. The second-order valence-electron chi connectivity index (χ2n) is 5.48. The van der Waals surface area contributed by atoms with Crippen LogP contribution in [0.2, 0.25) is 0 Å². The molecule has 0 bridgehead atoms. The van der Waals surface area contributed by atoms with E-state index in [0.717, 1.165) is 44.8 Å². The predicted molar refractivity (Wildman–Crippen MR) is 69.5 cm³/mol. The molecule has 1 fully saturated rings. The van der Waals surface area contributed by atoms with Crippen LogP contribution < -0.4 is 5.32 Å². The fourth-order valence-corrected chi connectivity index (χ4v) is 2.79. The van der Waals surface area contributed by atoms with Crippen molar-refractivity contribution in [1.82, 2.24) is 15.3 Å². The van der Waals surface area contributed by atoms with Gasteiger partial charge < -0.3 is 10.1 Å². The molecule has 0 aromatic carbocycles. The third-order valence-corrected chi connectivity index (χ3v) is 3.75. The van der Waals surface area contributed by atoms with Crippen LogP contribution in [0.3, 0.4) is 0 Å². The molecular formula is C14H21N3O. The fourth-order valence-electron chi connectivity index (χ4n) is 2.79. The lowest BCUT2D eigenvalue weighted by Gasteiger charge is -2.22. The van der Waals surface area contributed by atoms with Gasteiger partial charge in [-0.3, -0.25) is 0 Å². The van der Waals surface area contributed by atoms with Crippen LogP contribution >= 0.6 is 0 Å². The molecule has 1 aromatic heterocycles. The zero-order chi connectivity index (χ0) is 12.5. The van der Waals surface area contributed by atoms with Gasteiger partial charge >= 0.3 is 0 Å². The number of nitrogens with zero attached hydrogens (tertiary/aromatic N) is 2. The number of nitrogens with one attached hydrogen (secondary N) is 1. The van der Waals surface area contributed by atoms with Gasteiger partial charge in [0.05, 0.1) is 11.4 Å². The minimum Gasteiger partial charge on any atom is -0.370 e. The van der Waals surface area contributed by atoms with Crippen molar-refractivity contribution in [3.63, 3.8) is 0 Å². The molecule has 18 heavy (non-hydrogen) atoms. The van der Waals surface area contributed by atoms with Gasteiger partial charge in [-0.15, -0.1) is 0 Å². The van der Waals surface area contributed by atoms with Crippen molar-refractivity contribution >= 4 is 0 Å². The van der Waals surface area contributed by atoms with Gasteiger partial charge in [0.25, 0.3) is 0 Å². The van der Waals surface area contributed by atoms with Gasteiger partial charge in [-0.05, 0) is 18.8 Å². The molecule has 4 heteroatoms. The Bertz CT molecular complexity index is 439. The molecule has 1 atom stereocenters. The molecule has 0 aliphatic carbocycles. The minimum atomic E-state index is 0.127.